The van der Waals surface area contributed by atoms with Gasteiger partial charge >= 0.3 is 5.97 Å². The predicted octanol–water partition coefficient (Wildman–Crippen LogP) is 7.21. The monoisotopic (exact) mass is 884 g/mol. The summed E-state index contributed by atoms with van der Waals surface area (Å²) in [6.07, 6.45) is -1.77. The summed E-state index contributed by atoms with van der Waals surface area (Å²) < 4.78 is 46.1. The summed E-state index contributed by atoms with van der Waals surface area (Å²) in [4.78, 5) is 21.1. The van der Waals surface area contributed by atoms with E-state index in [9.17, 15) is 25.2 Å². The lowest BCUT2D eigenvalue weighted by Crippen LogP contribution is -2.60. The van der Waals surface area contributed by atoms with Crippen LogP contribution >= 0.6 is 0 Å². The molecule has 0 radical (unpaired) electrons. The van der Waals surface area contributed by atoms with Crippen LogP contribution in [0.5, 0.6) is 0 Å². The number of hydrogen-bond acceptors (Lipinski definition) is 14. The number of oxime groups is 1. The van der Waals surface area contributed by atoms with E-state index in [1.807, 2.05) is 62.3 Å². The first-order chi connectivity index (χ1) is 28.8. The van der Waals surface area contributed by atoms with E-state index in [4.69, 9.17) is 43.2 Å². The van der Waals surface area contributed by atoms with Crippen molar-refractivity contribution in [2.45, 2.75) is 239 Å². The van der Waals surface area contributed by atoms with Gasteiger partial charge in [-0.1, -0.05) is 66.1 Å². The smallest absolute Gasteiger partial charge is 0.311 e. The van der Waals surface area contributed by atoms with Crippen LogP contribution in [0.15, 0.2) is 17.8 Å². The first kappa shape index (κ1) is 52.9. The fourth-order valence-electron chi connectivity index (χ4n) is 10.6. The van der Waals surface area contributed by atoms with Gasteiger partial charge in [0, 0.05) is 37.0 Å². The second kappa shape index (κ2) is 21.7. The summed E-state index contributed by atoms with van der Waals surface area (Å²) in [5.74, 6) is -4.70. The molecule has 17 atom stereocenters. The minimum absolute atomic E-state index is 0.120. The van der Waals surface area contributed by atoms with Gasteiger partial charge in [-0.2, -0.15) is 0 Å². The normalized spacial score (nSPS) is 44.3. The topological polar surface area (TPSA) is 184 Å². The third kappa shape index (κ3) is 12.4. The van der Waals surface area contributed by atoms with Crippen LogP contribution in [0.25, 0.3) is 0 Å². The molecule has 14 heteroatoms. The molecular weight excluding hydrogens is 799 g/mol. The Morgan fingerprint density at radius 2 is 1.55 bits per heavy atom. The second-order valence-electron chi connectivity index (χ2n) is 20.8. The molecule has 3 saturated heterocycles. The van der Waals surface area contributed by atoms with Crippen LogP contribution in [-0.4, -0.2) is 123 Å². The molecular formula is C48H85NO13. The molecule has 0 aromatic rings. The van der Waals surface area contributed by atoms with Gasteiger partial charge in [-0.05, 0) is 91.9 Å². The lowest BCUT2D eigenvalue weighted by Gasteiger charge is -2.49. The fraction of sp³-hybridized carbons (Fsp3) is 0.917. The van der Waals surface area contributed by atoms with Crippen molar-refractivity contribution < 1.29 is 63.2 Å². The van der Waals surface area contributed by atoms with E-state index in [0.717, 1.165) is 19.3 Å². The quantitative estimate of drug-likeness (QED) is 0.0668. The van der Waals surface area contributed by atoms with Gasteiger partial charge in [-0.3, -0.25) is 4.79 Å². The first-order valence-corrected chi connectivity index (χ1v) is 23.6. The molecule has 4 rings (SSSR count). The summed E-state index contributed by atoms with van der Waals surface area (Å²) in [5, 5.41) is 52.0. The van der Waals surface area contributed by atoms with Gasteiger partial charge in [0.2, 0.25) is 5.79 Å². The van der Waals surface area contributed by atoms with Crippen molar-refractivity contribution in [2.75, 3.05) is 6.61 Å². The molecule has 3 heterocycles. The van der Waals surface area contributed by atoms with Crippen molar-refractivity contribution >= 4 is 11.7 Å². The van der Waals surface area contributed by atoms with Crippen molar-refractivity contribution in [1.82, 2.24) is 0 Å². The zero-order valence-electron chi connectivity index (χ0n) is 40.5. The van der Waals surface area contributed by atoms with E-state index in [2.05, 4.69) is 6.58 Å². The Morgan fingerprint density at radius 3 is 2.13 bits per heavy atom. The molecule has 0 bridgehead atoms. The summed E-state index contributed by atoms with van der Waals surface area (Å²) in [5.41, 5.74) is -3.28. The van der Waals surface area contributed by atoms with Crippen molar-refractivity contribution in [3.63, 3.8) is 0 Å². The van der Waals surface area contributed by atoms with E-state index < -0.39 is 107 Å². The Morgan fingerprint density at radius 1 is 0.903 bits per heavy atom. The standard InChI is InChI=1S/C48H85NO13/c1-16-23-55-46(14)25-29(6)37(49-62-48(61-27(3)4)21-19-18-20-22-48)31(8)40(51)47(15,54)35(17-2)58-43(53)33(10)39(59-36-26-45(12,13)41(52)34(11)57-36)32(9)42(46)60-44-38(50)28(5)24-30(7)56-44/h16,27-36,38-42,44,50-52,54H,1,17-26H2,2-15H3/b49-37-/t28-,29+,30+,31-,32-,33+,34-,35+,36?,38+,39-,40+,41-,42+,44-,46-,47+/m0/s1. The average molecular weight is 884 g/mol. The van der Waals surface area contributed by atoms with Gasteiger partial charge in [0.25, 0.3) is 0 Å². The zero-order chi connectivity index (χ0) is 46.5. The fourth-order valence-corrected chi connectivity index (χ4v) is 10.6. The van der Waals surface area contributed by atoms with Gasteiger partial charge in [-0.15, -0.1) is 6.58 Å². The minimum Gasteiger partial charge on any atom is -0.459 e. The van der Waals surface area contributed by atoms with Gasteiger partial charge in [-0.25, -0.2) is 0 Å². The molecule has 360 valence electrons. The van der Waals surface area contributed by atoms with Crippen LogP contribution < -0.4 is 0 Å². The second-order valence-corrected chi connectivity index (χ2v) is 20.8. The highest BCUT2D eigenvalue weighted by molar-refractivity contribution is 5.88. The van der Waals surface area contributed by atoms with Crippen LogP contribution in [0, 0.1) is 35.0 Å². The highest BCUT2D eigenvalue weighted by Gasteiger charge is 2.53. The Hall–Kier alpha value is -1.72. The maximum absolute atomic E-state index is 14.6. The van der Waals surface area contributed by atoms with E-state index in [0.29, 0.717) is 31.4 Å². The molecule has 1 aliphatic carbocycles. The highest BCUT2D eigenvalue weighted by atomic mass is 16.8. The number of hydrogen-bond donors (Lipinski definition) is 4. The van der Waals surface area contributed by atoms with Crippen molar-refractivity contribution in [3.05, 3.63) is 12.7 Å². The molecule has 4 fully saturated rings. The summed E-state index contributed by atoms with van der Waals surface area (Å²) in [7, 11) is 0. The van der Waals surface area contributed by atoms with Crippen molar-refractivity contribution in [1.29, 1.82) is 0 Å². The molecule has 0 aromatic heterocycles. The number of carbonyl (C=O) groups is 1. The van der Waals surface area contributed by atoms with Crippen LogP contribution in [0.2, 0.25) is 0 Å². The van der Waals surface area contributed by atoms with E-state index >= 15 is 0 Å². The van der Waals surface area contributed by atoms with E-state index in [1.165, 1.54) is 6.92 Å². The largest absolute Gasteiger partial charge is 0.459 e. The Balaban J connectivity index is 1.95. The molecule has 14 nitrogen and oxygen atoms in total. The number of rotatable bonds is 12. The van der Waals surface area contributed by atoms with Crippen molar-refractivity contribution in [3.8, 4) is 0 Å². The number of nitrogens with zero attached hydrogens (tertiary/aromatic N) is 1. The lowest BCUT2D eigenvalue weighted by atomic mass is 9.73. The Labute approximate surface area is 372 Å². The van der Waals surface area contributed by atoms with E-state index in [1.54, 1.807) is 33.8 Å². The third-order valence-corrected chi connectivity index (χ3v) is 14.2. The van der Waals surface area contributed by atoms with Gasteiger partial charge < -0.3 is 58.4 Å². The van der Waals surface area contributed by atoms with Crippen LogP contribution in [-0.2, 0) is 42.8 Å². The number of esters is 1. The Bertz CT molecular complexity index is 1470. The maximum Gasteiger partial charge on any atom is 0.311 e. The molecule has 4 N–H and O–H groups in total. The Kier molecular flexibility index (Phi) is 18.5. The molecule has 4 aliphatic rings. The van der Waals surface area contributed by atoms with Crippen LogP contribution in [0.1, 0.15) is 155 Å². The van der Waals surface area contributed by atoms with Crippen LogP contribution in [0.4, 0.5) is 0 Å². The van der Waals surface area contributed by atoms with E-state index in [-0.39, 0.29) is 37.6 Å². The third-order valence-electron chi connectivity index (χ3n) is 14.2. The molecule has 0 aromatic carbocycles. The summed E-state index contributed by atoms with van der Waals surface area (Å²) >= 11 is 0. The molecule has 0 amide bonds. The number of ether oxygens (including phenoxy) is 7. The lowest BCUT2D eigenvalue weighted by molar-refractivity contribution is -0.315. The number of aliphatic hydroxyl groups excluding tert-OH is 3. The predicted molar refractivity (Wildman–Crippen MR) is 236 cm³/mol. The SMILES string of the molecule is C=CCO[C@@]1(C)C[C@@H](C)/C(=N/OC2(OC(C)C)CCCCC2)[C@H](C)[C@@H](O)[C@](C)(O)[C@@H](CC)OC(=O)[C@H](C)[C@@H](OC2CC(C)(C)[C@@H](O)[C@H](C)O2)[C@H](C)[C@H]1O[C@@H]1O[C@H](C)C[C@H](C)[C@H]1O. The molecule has 62 heavy (non-hydrogen) atoms. The van der Waals surface area contributed by atoms with Gasteiger partial charge in [0.05, 0.1) is 66.6 Å². The van der Waals surface area contributed by atoms with Crippen LogP contribution in [0.3, 0.4) is 0 Å². The molecule has 0 spiro atoms. The average Bonchev–Trinajstić information content (AvgIpc) is 3.19. The van der Waals surface area contributed by atoms with Gasteiger partial charge in [0.1, 0.15) is 17.8 Å². The number of aliphatic hydroxyl groups is 4. The maximum atomic E-state index is 14.6. The summed E-state index contributed by atoms with van der Waals surface area (Å²) in [6, 6.07) is 0. The molecule has 1 unspecified atom stereocenters. The number of cyclic esters (lactones) is 1. The summed E-state index contributed by atoms with van der Waals surface area (Å²) in [6.45, 7) is 30.2. The molecule has 1 saturated carbocycles. The van der Waals surface area contributed by atoms with Gasteiger partial charge in [0.15, 0.2) is 12.6 Å². The molecule has 3 aliphatic heterocycles. The zero-order valence-corrected chi connectivity index (χ0v) is 40.5. The highest BCUT2D eigenvalue weighted by Crippen LogP contribution is 2.44. The van der Waals surface area contributed by atoms with Crippen molar-refractivity contribution in [2.24, 2.45) is 40.2 Å². The first-order valence-electron chi connectivity index (χ1n) is 23.6. The minimum atomic E-state index is -1.93. The number of carbonyl (C=O) groups excluding carboxylic acids is 1.